The normalized spacial score (nSPS) is 16.0. The quantitative estimate of drug-likeness (QED) is 0.898. The van der Waals surface area contributed by atoms with Gasteiger partial charge in [-0.2, -0.15) is 0 Å². The predicted molar refractivity (Wildman–Crippen MR) is 76.4 cm³/mol. The van der Waals surface area contributed by atoms with Gasteiger partial charge in [-0.05, 0) is 29.9 Å². The highest BCUT2D eigenvalue weighted by Crippen LogP contribution is 2.35. The molecule has 0 aliphatic heterocycles. The van der Waals surface area contributed by atoms with E-state index in [1.165, 1.54) is 17.4 Å². The smallest absolute Gasteiger partial charge is 0.331 e. The molecule has 1 amide bonds. The molecule has 1 fully saturated rings. The lowest BCUT2D eigenvalue weighted by Gasteiger charge is -2.28. The van der Waals surface area contributed by atoms with Gasteiger partial charge < -0.3 is 10.0 Å². The van der Waals surface area contributed by atoms with Gasteiger partial charge in [0.15, 0.2) is 6.04 Å². The van der Waals surface area contributed by atoms with Crippen LogP contribution in [0.15, 0.2) is 24.3 Å². The van der Waals surface area contributed by atoms with E-state index in [2.05, 4.69) is 13.8 Å². The summed E-state index contributed by atoms with van der Waals surface area (Å²) in [6.45, 7) is 5.63. The number of amides is 1. The number of benzene rings is 1. The molecular weight excluding hydrogens is 254 g/mol. The molecule has 20 heavy (non-hydrogen) atoms. The molecule has 0 spiro atoms. The van der Waals surface area contributed by atoms with Crippen LogP contribution in [-0.4, -0.2) is 27.9 Å². The zero-order valence-electron chi connectivity index (χ0n) is 12.2. The third-order valence-corrected chi connectivity index (χ3v) is 3.73. The van der Waals surface area contributed by atoms with Gasteiger partial charge in [-0.3, -0.25) is 4.79 Å². The number of carbonyl (C=O) groups is 2. The molecule has 0 heterocycles. The zero-order valence-corrected chi connectivity index (χ0v) is 12.2. The maximum absolute atomic E-state index is 11.8. The molecule has 108 valence electrons. The summed E-state index contributed by atoms with van der Waals surface area (Å²) in [6.07, 6.45) is 1.79. The average molecular weight is 275 g/mol. The van der Waals surface area contributed by atoms with Gasteiger partial charge in [-0.15, -0.1) is 0 Å². The highest BCUT2D eigenvalue weighted by atomic mass is 16.4. The fourth-order valence-corrected chi connectivity index (χ4v) is 2.49. The number of nitrogens with zero attached hydrogens (tertiary/aromatic N) is 1. The topological polar surface area (TPSA) is 57.6 Å². The second-order valence-electron chi connectivity index (χ2n) is 5.72. The van der Waals surface area contributed by atoms with Crippen LogP contribution >= 0.6 is 0 Å². The second kappa shape index (κ2) is 5.65. The highest BCUT2D eigenvalue weighted by molar-refractivity contribution is 5.84. The molecule has 2 rings (SSSR count). The molecule has 1 aromatic rings. The third kappa shape index (κ3) is 3.00. The second-order valence-corrected chi connectivity index (χ2v) is 5.72. The van der Waals surface area contributed by atoms with E-state index in [4.69, 9.17) is 0 Å². The molecule has 0 aromatic heterocycles. The Morgan fingerprint density at radius 1 is 1.15 bits per heavy atom. The predicted octanol–water partition coefficient (Wildman–Crippen LogP) is 2.95. The van der Waals surface area contributed by atoms with Crippen molar-refractivity contribution < 1.29 is 14.7 Å². The van der Waals surface area contributed by atoms with Crippen LogP contribution in [0.3, 0.4) is 0 Å². The Morgan fingerprint density at radius 3 is 2.00 bits per heavy atom. The van der Waals surface area contributed by atoms with Gasteiger partial charge in [0, 0.05) is 13.0 Å². The summed E-state index contributed by atoms with van der Waals surface area (Å²) in [4.78, 5) is 24.9. The lowest BCUT2D eigenvalue weighted by atomic mass is 9.98. The summed E-state index contributed by atoms with van der Waals surface area (Å²) in [5, 5.41) is 9.51. The molecule has 1 atom stereocenters. The van der Waals surface area contributed by atoms with Crippen molar-refractivity contribution in [2.75, 3.05) is 0 Å². The van der Waals surface area contributed by atoms with Crippen LogP contribution in [0.4, 0.5) is 0 Å². The van der Waals surface area contributed by atoms with E-state index in [9.17, 15) is 14.7 Å². The Morgan fingerprint density at radius 2 is 1.65 bits per heavy atom. The standard InChI is InChI=1S/C16H21NO3/c1-10(2)12-4-6-13(7-5-12)15(16(19)20)17(11(3)18)14-8-9-14/h4-7,10,14-15H,8-9H2,1-3H3,(H,19,20). The molecule has 1 aromatic carbocycles. The summed E-state index contributed by atoms with van der Waals surface area (Å²) in [6, 6.07) is 6.75. The maximum Gasteiger partial charge on any atom is 0.331 e. The lowest BCUT2D eigenvalue weighted by Crippen LogP contribution is -2.39. The third-order valence-electron chi connectivity index (χ3n) is 3.73. The molecule has 1 aliphatic carbocycles. The molecule has 1 aliphatic rings. The van der Waals surface area contributed by atoms with Crippen LogP contribution in [0.1, 0.15) is 56.7 Å². The summed E-state index contributed by atoms with van der Waals surface area (Å²) in [7, 11) is 0. The minimum atomic E-state index is -0.968. The number of carboxylic acids is 1. The van der Waals surface area contributed by atoms with Crippen molar-refractivity contribution >= 4 is 11.9 Å². The van der Waals surface area contributed by atoms with Gasteiger partial charge >= 0.3 is 5.97 Å². The first-order valence-corrected chi connectivity index (χ1v) is 7.03. The number of hydrogen-bond donors (Lipinski definition) is 1. The summed E-state index contributed by atoms with van der Waals surface area (Å²) < 4.78 is 0. The maximum atomic E-state index is 11.8. The monoisotopic (exact) mass is 275 g/mol. The Kier molecular flexibility index (Phi) is 4.12. The van der Waals surface area contributed by atoms with Crippen LogP contribution < -0.4 is 0 Å². The molecule has 4 heteroatoms. The molecule has 4 nitrogen and oxygen atoms in total. The summed E-state index contributed by atoms with van der Waals surface area (Å²) in [5.41, 5.74) is 1.84. The SMILES string of the molecule is CC(=O)N(C1CC1)C(C(=O)O)c1ccc(C(C)C)cc1. The van der Waals surface area contributed by atoms with Crippen LogP contribution in [-0.2, 0) is 9.59 Å². The van der Waals surface area contributed by atoms with Crippen molar-refractivity contribution in [1.29, 1.82) is 0 Å². The van der Waals surface area contributed by atoms with E-state index >= 15 is 0 Å². The van der Waals surface area contributed by atoms with Gasteiger partial charge in [0.25, 0.3) is 0 Å². The number of hydrogen-bond acceptors (Lipinski definition) is 2. The molecule has 0 radical (unpaired) electrons. The van der Waals surface area contributed by atoms with E-state index in [0.29, 0.717) is 11.5 Å². The lowest BCUT2D eigenvalue weighted by molar-refractivity contribution is -0.150. The first-order valence-electron chi connectivity index (χ1n) is 7.03. The van der Waals surface area contributed by atoms with E-state index in [1.54, 1.807) is 0 Å². The number of aliphatic carboxylic acids is 1. The Balaban J connectivity index is 2.32. The number of rotatable bonds is 5. The summed E-state index contributed by atoms with van der Waals surface area (Å²) in [5.74, 6) is -0.739. The van der Waals surface area contributed by atoms with Crippen molar-refractivity contribution in [3.05, 3.63) is 35.4 Å². The molecule has 0 bridgehead atoms. The average Bonchev–Trinajstić information content (AvgIpc) is 3.19. The largest absolute Gasteiger partial charge is 0.479 e. The minimum absolute atomic E-state index is 0.0818. The van der Waals surface area contributed by atoms with Crippen LogP contribution in [0, 0.1) is 0 Å². The van der Waals surface area contributed by atoms with E-state index in [1.807, 2.05) is 24.3 Å². The van der Waals surface area contributed by atoms with Crippen molar-refractivity contribution in [3.8, 4) is 0 Å². The van der Waals surface area contributed by atoms with Crippen LogP contribution in [0.2, 0.25) is 0 Å². The molecule has 1 saturated carbocycles. The number of carbonyl (C=O) groups excluding carboxylic acids is 1. The highest BCUT2D eigenvalue weighted by Gasteiger charge is 2.39. The molecular formula is C16H21NO3. The first-order chi connectivity index (χ1) is 9.41. The van der Waals surface area contributed by atoms with Crippen molar-refractivity contribution in [2.24, 2.45) is 0 Å². The van der Waals surface area contributed by atoms with Gasteiger partial charge in [-0.1, -0.05) is 38.1 Å². The Labute approximate surface area is 119 Å². The van der Waals surface area contributed by atoms with Crippen molar-refractivity contribution in [3.63, 3.8) is 0 Å². The van der Waals surface area contributed by atoms with Crippen LogP contribution in [0.5, 0.6) is 0 Å². The van der Waals surface area contributed by atoms with E-state index < -0.39 is 12.0 Å². The van der Waals surface area contributed by atoms with Crippen molar-refractivity contribution in [1.82, 2.24) is 4.90 Å². The van der Waals surface area contributed by atoms with Gasteiger partial charge in [0.1, 0.15) is 0 Å². The van der Waals surface area contributed by atoms with Gasteiger partial charge in [0.05, 0.1) is 0 Å². The Bertz CT molecular complexity index is 503. The van der Waals surface area contributed by atoms with E-state index in [-0.39, 0.29) is 11.9 Å². The van der Waals surface area contributed by atoms with Gasteiger partial charge in [-0.25, -0.2) is 4.79 Å². The molecule has 1 unspecified atom stereocenters. The molecule has 0 saturated heterocycles. The first kappa shape index (κ1) is 14.6. The number of carboxylic acid groups (broad SMARTS) is 1. The summed E-state index contributed by atoms with van der Waals surface area (Å²) >= 11 is 0. The Hall–Kier alpha value is -1.84. The van der Waals surface area contributed by atoms with E-state index in [0.717, 1.165) is 12.8 Å². The molecule has 1 N–H and O–H groups in total. The zero-order chi connectivity index (χ0) is 14.9. The fraction of sp³-hybridized carbons (Fsp3) is 0.500. The fourth-order valence-electron chi connectivity index (χ4n) is 2.49. The van der Waals surface area contributed by atoms with Gasteiger partial charge in [0.2, 0.25) is 5.91 Å². The minimum Gasteiger partial charge on any atom is -0.479 e. The van der Waals surface area contributed by atoms with Crippen molar-refractivity contribution in [2.45, 2.75) is 51.6 Å². The van der Waals surface area contributed by atoms with Crippen LogP contribution in [0.25, 0.3) is 0 Å².